The Kier molecular flexibility index (Phi) is 3.73. The summed E-state index contributed by atoms with van der Waals surface area (Å²) in [6, 6.07) is 0. The van der Waals surface area contributed by atoms with Crippen molar-refractivity contribution in [3.05, 3.63) is 11.8 Å². The van der Waals surface area contributed by atoms with Crippen LogP contribution in [-0.4, -0.2) is 12.4 Å². The van der Waals surface area contributed by atoms with Crippen LogP contribution in [0.4, 0.5) is 0 Å². The highest BCUT2D eigenvalue weighted by Gasteiger charge is 2.31. The monoisotopic (exact) mass is 196 g/mol. The summed E-state index contributed by atoms with van der Waals surface area (Å²) in [4.78, 5) is 12.0. The predicted molar refractivity (Wildman–Crippen MR) is 57.0 cm³/mol. The number of hydrogen-bond acceptors (Lipinski definition) is 2. The van der Waals surface area contributed by atoms with Crippen LogP contribution in [0.2, 0.25) is 0 Å². The average Bonchev–Trinajstić information content (AvgIpc) is 2.26. The molecule has 0 amide bonds. The van der Waals surface area contributed by atoms with Crippen molar-refractivity contribution in [2.45, 2.75) is 46.5 Å². The molecule has 0 heterocycles. The molecule has 14 heavy (non-hydrogen) atoms. The van der Waals surface area contributed by atoms with Crippen molar-refractivity contribution in [2.24, 2.45) is 5.41 Å². The summed E-state index contributed by atoms with van der Waals surface area (Å²) in [7, 11) is 0. The molecule has 0 radical (unpaired) electrons. The van der Waals surface area contributed by atoms with Crippen LogP contribution in [0.3, 0.4) is 0 Å². The molecule has 0 bridgehead atoms. The van der Waals surface area contributed by atoms with Crippen LogP contribution in [0.15, 0.2) is 11.8 Å². The number of hydrogen-bond donors (Lipinski definition) is 0. The number of Topliss-reactive ketones (excluding diaryl/α,β-unsaturated/α-hetero) is 1. The second-order valence-electron chi connectivity index (χ2n) is 4.52. The number of ether oxygens (including phenoxy) is 1. The molecule has 1 saturated carbocycles. The van der Waals surface area contributed by atoms with Crippen molar-refractivity contribution < 1.29 is 9.53 Å². The Balaban J connectivity index is 2.79. The lowest BCUT2D eigenvalue weighted by Crippen LogP contribution is -2.24. The SMILES string of the molecule is CCO/C=C1/CCCCC(C)(C)C1=O. The summed E-state index contributed by atoms with van der Waals surface area (Å²) in [6.07, 6.45) is 5.78. The van der Waals surface area contributed by atoms with E-state index in [0.717, 1.165) is 31.3 Å². The van der Waals surface area contributed by atoms with Gasteiger partial charge in [-0.05, 0) is 26.2 Å². The summed E-state index contributed by atoms with van der Waals surface area (Å²) >= 11 is 0. The summed E-state index contributed by atoms with van der Waals surface area (Å²) in [5.74, 6) is 0.267. The number of carbonyl (C=O) groups is 1. The van der Waals surface area contributed by atoms with Crippen LogP contribution in [0.25, 0.3) is 0 Å². The smallest absolute Gasteiger partial charge is 0.167 e. The molecule has 0 spiro atoms. The highest BCUT2D eigenvalue weighted by atomic mass is 16.5. The van der Waals surface area contributed by atoms with Crippen LogP contribution in [0, 0.1) is 5.41 Å². The number of carbonyl (C=O) groups excluding carboxylic acids is 1. The van der Waals surface area contributed by atoms with Gasteiger partial charge in [0.2, 0.25) is 0 Å². The van der Waals surface area contributed by atoms with Gasteiger partial charge in [0.15, 0.2) is 5.78 Å². The third-order valence-corrected chi connectivity index (χ3v) is 2.80. The summed E-state index contributed by atoms with van der Waals surface area (Å²) < 4.78 is 5.21. The standard InChI is InChI=1S/C12H20O2/c1-4-14-9-10-7-5-6-8-12(2,3)11(10)13/h9H,4-8H2,1-3H3/b10-9-. The molecule has 0 saturated heterocycles. The van der Waals surface area contributed by atoms with Gasteiger partial charge in [-0.25, -0.2) is 0 Å². The van der Waals surface area contributed by atoms with Gasteiger partial charge in [-0.1, -0.05) is 20.3 Å². The van der Waals surface area contributed by atoms with E-state index >= 15 is 0 Å². The highest BCUT2D eigenvalue weighted by Crippen LogP contribution is 2.33. The van der Waals surface area contributed by atoms with E-state index in [4.69, 9.17) is 4.74 Å². The molecule has 1 aliphatic rings. The first kappa shape index (κ1) is 11.3. The van der Waals surface area contributed by atoms with E-state index in [1.807, 2.05) is 20.8 Å². The second-order valence-corrected chi connectivity index (χ2v) is 4.52. The number of ketones is 1. The van der Waals surface area contributed by atoms with Crippen molar-refractivity contribution >= 4 is 5.78 Å². The molecule has 0 N–H and O–H groups in total. The molecule has 1 fully saturated rings. The quantitative estimate of drug-likeness (QED) is 0.385. The Morgan fingerprint density at radius 2 is 2.14 bits per heavy atom. The molecule has 2 heteroatoms. The predicted octanol–water partition coefficient (Wildman–Crippen LogP) is 3.08. The van der Waals surface area contributed by atoms with E-state index in [9.17, 15) is 4.79 Å². The lowest BCUT2D eigenvalue weighted by atomic mass is 9.82. The van der Waals surface area contributed by atoms with E-state index in [1.54, 1.807) is 6.26 Å². The third-order valence-electron chi connectivity index (χ3n) is 2.80. The summed E-state index contributed by atoms with van der Waals surface area (Å²) in [5, 5.41) is 0. The van der Waals surface area contributed by atoms with E-state index in [0.29, 0.717) is 6.61 Å². The van der Waals surface area contributed by atoms with Crippen LogP contribution in [-0.2, 0) is 9.53 Å². The Morgan fingerprint density at radius 1 is 1.43 bits per heavy atom. The van der Waals surface area contributed by atoms with Gasteiger partial charge >= 0.3 is 0 Å². The molecular weight excluding hydrogens is 176 g/mol. The first-order valence-corrected chi connectivity index (χ1v) is 5.43. The average molecular weight is 196 g/mol. The first-order valence-electron chi connectivity index (χ1n) is 5.43. The minimum absolute atomic E-state index is 0.195. The fourth-order valence-corrected chi connectivity index (χ4v) is 1.84. The minimum atomic E-state index is -0.195. The Labute approximate surface area is 86.3 Å². The van der Waals surface area contributed by atoms with Gasteiger partial charge < -0.3 is 4.74 Å². The van der Waals surface area contributed by atoms with Crippen molar-refractivity contribution in [3.63, 3.8) is 0 Å². The van der Waals surface area contributed by atoms with Crippen LogP contribution in [0.1, 0.15) is 46.5 Å². The topological polar surface area (TPSA) is 26.3 Å². The van der Waals surface area contributed by atoms with Gasteiger partial charge in [0.25, 0.3) is 0 Å². The van der Waals surface area contributed by atoms with E-state index in [1.165, 1.54) is 0 Å². The van der Waals surface area contributed by atoms with Crippen molar-refractivity contribution in [2.75, 3.05) is 6.61 Å². The van der Waals surface area contributed by atoms with Gasteiger partial charge in [0.1, 0.15) is 0 Å². The summed E-state index contributed by atoms with van der Waals surface area (Å²) in [6.45, 7) is 6.63. The zero-order chi connectivity index (χ0) is 10.6. The van der Waals surface area contributed by atoms with Gasteiger partial charge in [-0.2, -0.15) is 0 Å². The molecule has 1 rings (SSSR count). The first-order chi connectivity index (χ1) is 6.58. The van der Waals surface area contributed by atoms with E-state index in [-0.39, 0.29) is 11.2 Å². The molecule has 0 atom stereocenters. The van der Waals surface area contributed by atoms with Crippen molar-refractivity contribution in [3.8, 4) is 0 Å². The fraction of sp³-hybridized carbons (Fsp3) is 0.750. The zero-order valence-corrected chi connectivity index (χ0v) is 9.43. The van der Waals surface area contributed by atoms with Crippen molar-refractivity contribution in [1.82, 2.24) is 0 Å². The Bertz CT molecular complexity index is 239. The van der Waals surface area contributed by atoms with E-state index in [2.05, 4.69) is 0 Å². The van der Waals surface area contributed by atoms with E-state index < -0.39 is 0 Å². The van der Waals surface area contributed by atoms with Gasteiger partial charge in [0, 0.05) is 11.0 Å². The molecule has 0 aromatic carbocycles. The molecule has 1 aliphatic carbocycles. The largest absolute Gasteiger partial charge is 0.501 e. The molecule has 80 valence electrons. The third kappa shape index (κ3) is 2.60. The maximum atomic E-state index is 12.0. The Morgan fingerprint density at radius 3 is 2.79 bits per heavy atom. The number of allylic oxidation sites excluding steroid dienone is 1. The van der Waals surface area contributed by atoms with Gasteiger partial charge in [-0.15, -0.1) is 0 Å². The second kappa shape index (κ2) is 4.63. The van der Waals surface area contributed by atoms with Gasteiger partial charge in [-0.3, -0.25) is 4.79 Å². The molecule has 0 aromatic rings. The fourth-order valence-electron chi connectivity index (χ4n) is 1.84. The lowest BCUT2D eigenvalue weighted by molar-refractivity contribution is -0.123. The van der Waals surface area contributed by atoms with Crippen LogP contribution < -0.4 is 0 Å². The normalized spacial score (nSPS) is 24.8. The van der Waals surface area contributed by atoms with Crippen molar-refractivity contribution in [1.29, 1.82) is 0 Å². The number of rotatable bonds is 2. The van der Waals surface area contributed by atoms with Crippen LogP contribution in [0.5, 0.6) is 0 Å². The maximum absolute atomic E-state index is 12.0. The highest BCUT2D eigenvalue weighted by molar-refractivity contribution is 5.99. The molecule has 2 nitrogen and oxygen atoms in total. The molecule has 0 aromatic heterocycles. The Hall–Kier alpha value is -0.790. The minimum Gasteiger partial charge on any atom is -0.501 e. The lowest BCUT2D eigenvalue weighted by Gasteiger charge is -2.20. The maximum Gasteiger partial charge on any atom is 0.167 e. The molecule has 0 unspecified atom stereocenters. The molecule has 0 aliphatic heterocycles. The zero-order valence-electron chi connectivity index (χ0n) is 9.43. The van der Waals surface area contributed by atoms with Gasteiger partial charge in [0.05, 0.1) is 12.9 Å². The molecular formula is C12H20O2. The summed E-state index contributed by atoms with van der Waals surface area (Å²) in [5.41, 5.74) is 0.675. The van der Waals surface area contributed by atoms with Crippen LogP contribution >= 0.6 is 0 Å².